The van der Waals surface area contributed by atoms with E-state index >= 15 is 0 Å². The van der Waals surface area contributed by atoms with E-state index in [0.29, 0.717) is 0 Å². The standard InChI is InChI=1S/C19H24N2O/c1-12-2-4-13(5-3-12)17-7-6-14(8-15-9-18(15)17)19-20-10-16(22)11-21-19/h6-7,10-13,15,18,22H,2-5,8-9H2,1H3. The second kappa shape index (κ2) is 5.53. The van der Waals surface area contributed by atoms with Crippen LogP contribution in [0.25, 0.3) is 5.57 Å². The van der Waals surface area contributed by atoms with Crippen LogP contribution >= 0.6 is 0 Å². The summed E-state index contributed by atoms with van der Waals surface area (Å²) in [5.41, 5.74) is 2.93. The van der Waals surface area contributed by atoms with Crippen LogP contribution in [-0.2, 0) is 0 Å². The normalized spacial score (nSPS) is 34.2. The predicted octanol–water partition coefficient (Wildman–Crippen LogP) is 4.36. The van der Waals surface area contributed by atoms with Gasteiger partial charge in [-0.15, -0.1) is 0 Å². The van der Waals surface area contributed by atoms with E-state index in [1.54, 1.807) is 5.57 Å². The summed E-state index contributed by atoms with van der Waals surface area (Å²) in [6.07, 6.45) is 15.5. The summed E-state index contributed by atoms with van der Waals surface area (Å²) in [4.78, 5) is 8.57. The third-order valence-electron chi connectivity index (χ3n) is 5.72. The highest BCUT2D eigenvalue weighted by Crippen LogP contribution is 2.54. The molecule has 1 aromatic heterocycles. The molecule has 0 spiro atoms. The van der Waals surface area contributed by atoms with Crippen LogP contribution < -0.4 is 0 Å². The van der Waals surface area contributed by atoms with Crippen LogP contribution in [-0.4, -0.2) is 15.1 Å². The Labute approximate surface area is 132 Å². The smallest absolute Gasteiger partial charge is 0.155 e. The minimum Gasteiger partial charge on any atom is -0.505 e. The summed E-state index contributed by atoms with van der Waals surface area (Å²) < 4.78 is 0. The van der Waals surface area contributed by atoms with Crippen molar-refractivity contribution >= 4 is 5.57 Å². The summed E-state index contributed by atoms with van der Waals surface area (Å²) in [5.74, 6) is 4.23. The fourth-order valence-corrected chi connectivity index (χ4v) is 4.24. The summed E-state index contributed by atoms with van der Waals surface area (Å²) in [6.45, 7) is 2.39. The summed E-state index contributed by atoms with van der Waals surface area (Å²) in [6, 6.07) is 0. The van der Waals surface area contributed by atoms with E-state index < -0.39 is 0 Å². The third-order valence-corrected chi connectivity index (χ3v) is 5.72. The van der Waals surface area contributed by atoms with Gasteiger partial charge in [0.15, 0.2) is 11.6 Å². The third kappa shape index (κ3) is 2.69. The van der Waals surface area contributed by atoms with Crippen LogP contribution in [0.4, 0.5) is 0 Å². The molecule has 22 heavy (non-hydrogen) atoms. The molecule has 3 nitrogen and oxygen atoms in total. The molecule has 3 aliphatic carbocycles. The molecule has 116 valence electrons. The van der Waals surface area contributed by atoms with Gasteiger partial charge in [-0.05, 0) is 54.9 Å². The fraction of sp³-hybridized carbons (Fsp3) is 0.579. The van der Waals surface area contributed by atoms with Crippen LogP contribution in [0.15, 0.2) is 30.1 Å². The van der Waals surface area contributed by atoms with Gasteiger partial charge in [-0.1, -0.05) is 37.5 Å². The lowest BCUT2D eigenvalue weighted by Gasteiger charge is -2.28. The molecular weight excluding hydrogens is 272 g/mol. The van der Waals surface area contributed by atoms with E-state index in [4.69, 9.17) is 0 Å². The van der Waals surface area contributed by atoms with E-state index in [1.807, 2.05) is 0 Å². The van der Waals surface area contributed by atoms with Crippen molar-refractivity contribution in [2.75, 3.05) is 0 Å². The molecule has 0 radical (unpaired) electrons. The maximum Gasteiger partial charge on any atom is 0.155 e. The summed E-state index contributed by atoms with van der Waals surface area (Å²) >= 11 is 0. The van der Waals surface area contributed by atoms with Gasteiger partial charge >= 0.3 is 0 Å². The molecule has 2 fully saturated rings. The van der Waals surface area contributed by atoms with Crippen molar-refractivity contribution in [3.05, 3.63) is 35.9 Å². The molecule has 0 aliphatic heterocycles. The van der Waals surface area contributed by atoms with Gasteiger partial charge in [-0.25, -0.2) is 9.97 Å². The number of nitrogens with zero attached hydrogens (tertiary/aromatic N) is 2. The number of hydrogen-bond donors (Lipinski definition) is 1. The highest BCUT2D eigenvalue weighted by atomic mass is 16.3. The second-order valence-corrected chi connectivity index (χ2v) is 7.39. The van der Waals surface area contributed by atoms with Crippen LogP contribution in [0.1, 0.15) is 51.3 Å². The lowest BCUT2D eigenvalue weighted by molar-refractivity contribution is 0.312. The number of fused-ring (bicyclic) bond motifs is 1. The quantitative estimate of drug-likeness (QED) is 0.882. The molecule has 0 amide bonds. The van der Waals surface area contributed by atoms with E-state index in [1.165, 1.54) is 50.1 Å². The SMILES string of the molecule is CC1CCC(C2=CC=C(c3ncc(O)cn3)CC3CC23)CC1. The molecule has 0 bridgehead atoms. The van der Waals surface area contributed by atoms with E-state index in [9.17, 15) is 5.11 Å². The molecule has 1 N–H and O–H groups in total. The number of rotatable bonds is 2. The van der Waals surface area contributed by atoms with Gasteiger partial charge in [0, 0.05) is 0 Å². The molecule has 4 rings (SSSR count). The van der Waals surface area contributed by atoms with Gasteiger partial charge in [-0.3, -0.25) is 0 Å². The molecule has 1 heterocycles. The first-order valence-corrected chi connectivity index (χ1v) is 8.62. The van der Waals surface area contributed by atoms with Gasteiger partial charge < -0.3 is 5.11 Å². The minimum absolute atomic E-state index is 0.134. The average Bonchev–Trinajstić information content (AvgIpc) is 3.28. The molecule has 2 unspecified atom stereocenters. The number of aromatic nitrogens is 2. The Morgan fingerprint density at radius 1 is 1.05 bits per heavy atom. The topological polar surface area (TPSA) is 46.0 Å². The van der Waals surface area contributed by atoms with Crippen molar-refractivity contribution in [2.24, 2.45) is 23.7 Å². The largest absolute Gasteiger partial charge is 0.505 e. The Bertz CT molecular complexity index is 609. The van der Waals surface area contributed by atoms with Crippen LogP contribution in [0, 0.1) is 23.7 Å². The Balaban J connectivity index is 1.57. The van der Waals surface area contributed by atoms with Crippen LogP contribution in [0.2, 0.25) is 0 Å². The van der Waals surface area contributed by atoms with Gasteiger partial charge in [0.25, 0.3) is 0 Å². The zero-order valence-corrected chi connectivity index (χ0v) is 13.2. The first-order valence-electron chi connectivity index (χ1n) is 8.62. The van der Waals surface area contributed by atoms with Crippen molar-refractivity contribution in [3.8, 4) is 5.75 Å². The maximum atomic E-state index is 9.35. The first-order chi connectivity index (χ1) is 10.7. The summed E-state index contributed by atoms with van der Waals surface area (Å²) in [5, 5.41) is 9.35. The van der Waals surface area contributed by atoms with Crippen LogP contribution in [0.3, 0.4) is 0 Å². The lowest BCUT2D eigenvalue weighted by Crippen LogP contribution is -2.15. The molecule has 2 saturated carbocycles. The first kappa shape index (κ1) is 14.0. The monoisotopic (exact) mass is 296 g/mol. The molecule has 0 saturated heterocycles. The molecule has 1 aromatic rings. The van der Waals surface area contributed by atoms with Crippen LogP contribution in [0.5, 0.6) is 5.75 Å². The van der Waals surface area contributed by atoms with E-state index in [2.05, 4.69) is 29.0 Å². The Kier molecular flexibility index (Phi) is 3.51. The number of aromatic hydroxyl groups is 1. The van der Waals surface area contributed by atoms with Crippen molar-refractivity contribution < 1.29 is 5.11 Å². The molecular formula is C19H24N2O. The number of hydrogen-bond acceptors (Lipinski definition) is 3. The van der Waals surface area contributed by atoms with Crippen molar-refractivity contribution in [1.29, 1.82) is 0 Å². The zero-order chi connectivity index (χ0) is 15.1. The summed E-state index contributed by atoms with van der Waals surface area (Å²) in [7, 11) is 0. The van der Waals surface area contributed by atoms with E-state index in [-0.39, 0.29) is 5.75 Å². The molecule has 3 heteroatoms. The van der Waals surface area contributed by atoms with Crippen molar-refractivity contribution in [3.63, 3.8) is 0 Å². The predicted molar refractivity (Wildman–Crippen MR) is 87.1 cm³/mol. The Hall–Kier alpha value is -1.64. The van der Waals surface area contributed by atoms with E-state index in [0.717, 1.165) is 35.9 Å². The Morgan fingerprint density at radius 3 is 2.50 bits per heavy atom. The van der Waals surface area contributed by atoms with Gasteiger partial charge in [0.1, 0.15) is 0 Å². The molecule has 0 aromatic carbocycles. The fourth-order valence-electron chi connectivity index (χ4n) is 4.24. The zero-order valence-electron chi connectivity index (χ0n) is 13.2. The second-order valence-electron chi connectivity index (χ2n) is 7.39. The molecule has 3 aliphatic rings. The maximum absolute atomic E-state index is 9.35. The Morgan fingerprint density at radius 2 is 1.77 bits per heavy atom. The highest BCUT2D eigenvalue weighted by Gasteiger charge is 2.43. The van der Waals surface area contributed by atoms with Gasteiger partial charge in [0.2, 0.25) is 0 Å². The highest BCUT2D eigenvalue weighted by molar-refractivity contribution is 5.64. The average molecular weight is 296 g/mol. The van der Waals surface area contributed by atoms with Gasteiger partial charge in [0.05, 0.1) is 12.4 Å². The minimum atomic E-state index is 0.134. The molecule has 2 atom stereocenters. The van der Waals surface area contributed by atoms with Crippen molar-refractivity contribution in [1.82, 2.24) is 9.97 Å². The lowest BCUT2D eigenvalue weighted by atomic mass is 9.77. The van der Waals surface area contributed by atoms with Crippen molar-refractivity contribution in [2.45, 2.75) is 45.4 Å². The number of allylic oxidation sites excluding steroid dienone is 4. The van der Waals surface area contributed by atoms with Gasteiger partial charge in [-0.2, -0.15) is 0 Å².